The van der Waals surface area contributed by atoms with Gasteiger partial charge in [0, 0.05) is 37.8 Å². The number of piperidine rings is 1. The molecule has 0 bridgehead atoms. The molecule has 3 saturated heterocycles. The zero-order chi connectivity index (χ0) is 21.4. The normalized spacial score (nSPS) is 25.3. The molecular formula is C21H26N4O5. The Morgan fingerprint density at radius 2 is 1.90 bits per heavy atom. The standard InChI is InChI=1S/C21H26N4O5/c1-22-8-9-24(19(27)13-22)16-6-2-4-14(10-16)15-5-3-7-23(12-15)21(30)25-17(20(28)29)11-18(25)26/h2,4,6,10,15,17H,3,5,7-9,11-13H2,1H3,(H,28,29)/t15?,17-/m0/s1. The highest BCUT2D eigenvalue weighted by Crippen LogP contribution is 2.31. The van der Waals surface area contributed by atoms with E-state index in [-0.39, 0.29) is 18.2 Å². The van der Waals surface area contributed by atoms with Crippen LogP contribution in [0.1, 0.15) is 30.7 Å². The van der Waals surface area contributed by atoms with Crippen LogP contribution in [0.3, 0.4) is 0 Å². The number of rotatable bonds is 3. The number of aliphatic carboxylic acids is 1. The van der Waals surface area contributed by atoms with Crippen LogP contribution in [0.25, 0.3) is 0 Å². The van der Waals surface area contributed by atoms with Crippen molar-refractivity contribution < 1.29 is 24.3 Å². The molecule has 3 fully saturated rings. The molecule has 0 spiro atoms. The van der Waals surface area contributed by atoms with Gasteiger partial charge in [-0.15, -0.1) is 0 Å². The monoisotopic (exact) mass is 414 g/mol. The number of carboxylic acids is 1. The minimum absolute atomic E-state index is 0.0670. The Labute approximate surface area is 174 Å². The largest absolute Gasteiger partial charge is 0.480 e. The van der Waals surface area contributed by atoms with Crippen LogP contribution in [-0.4, -0.2) is 89.4 Å². The highest BCUT2D eigenvalue weighted by atomic mass is 16.4. The smallest absolute Gasteiger partial charge is 0.327 e. The first-order valence-corrected chi connectivity index (χ1v) is 10.3. The van der Waals surface area contributed by atoms with Gasteiger partial charge in [-0.2, -0.15) is 0 Å². The first-order chi connectivity index (χ1) is 14.3. The lowest BCUT2D eigenvalue weighted by atomic mass is 9.90. The molecule has 9 nitrogen and oxygen atoms in total. The van der Waals surface area contributed by atoms with Crippen LogP contribution in [0.15, 0.2) is 24.3 Å². The van der Waals surface area contributed by atoms with Crippen LogP contribution < -0.4 is 4.90 Å². The molecule has 1 aromatic rings. The summed E-state index contributed by atoms with van der Waals surface area (Å²) in [5.41, 5.74) is 1.90. The molecule has 0 saturated carbocycles. The van der Waals surface area contributed by atoms with Crippen molar-refractivity contribution >= 4 is 29.5 Å². The molecule has 2 atom stereocenters. The van der Waals surface area contributed by atoms with E-state index < -0.39 is 23.9 Å². The van der Waals surface area contributed by atoms with Crippen molar-refractivity contribution in [1.29, 1.82) is 0 Å². The minimum atomic E-state index is -1.15. The van der Waals surface area contributed by atoms with Gasteiger partial charge in [0.05, 0.1) is 13.0 Å². The topological polar surface area (TPSA) is 101 Å². The van der Waals surface area contributed by atoms with Gasteiger partial charge in [0.1, 0.15) is 6.04 Å². The quantitative estimate of drug-likeness (QED) is 0.739. The number of nitrogens with zero attached hydrogens (tertiary/aromatic N) is 4. The van der Waals surface area contributed by atoms with Crippen LogP contribution in [0.2, 0.25) is 0 Å². The van der Waals surface area contributed by atoms with E-state index in [2.05, 4.69) is 0 Å². The third-order valence-electron chi connectivity index (χ3n) is 6.20. The number of urea groups is 1. The summed E-state index contributed by atoms with van der Waals surface area (Å²) in [4.78, 5) is 54.5. The zero-order valence-electron chi connectivity index (χ0n) is 17.0. The van der Waals surface area contributed by atoms with E-state index in [4.69, 9.17) is 0 Å². The molecule has 1 unspecified atom stereocenters. The van der Waals surface area contributed by atoms with Gasteiger partial charge < -0.3 is 14.9 Å². The maximum Gasteiger partial charge on any atom is 0.327 e. The molecule has 0 aliphatic carbocycles. The number of amides is 4. The maximum absolute atomic E-state index is 12.8. The van der Waals surface area contributed by atoms with Crippen molar-refractivity contribution in [2.24, 2.45) is 0 Å². The summed E-state index contributed by atoms with van der Waals surface area (Å²) in [6.45, 7) is 2.78. The predicted molar refractivity (Wildman–Crippen MR) is 108 cm³/mol. The lowest BCUT2D eigenvalue weighted by Gasteiger charge is -2.41. The van der Waals surface area contributed by atoms with Crippen molar-refractivity contribution in [2.75, 3.05) is 44.7 Å². The third kappa shape index (κ3) is 3.77. The second-order valence-corrected chi connectivity index (χ2v) is 8.27. The number of imide groups is 1. The number of carboxylic acid groups (broad SMARTS) is 1. The van der Waals surface area contributed by atoms with Gasteiger partial charge in [-0.25, -0.2) is 14.5 Å². The molecule has 0 aromatic heterocycles. The van der Waals surface area contributed by atoms with Gasteiger partial charge >= 0.3 is 12.0 Å². The second-order valence-electron chi connectivity index (χ2n) is 8.27. The number of benzene rings is 1. The van der Waals surface area contributed by atoms with E-state index in [1.807, 2.05) is 36.2 Å². The number of anilines is 1. The molecule has 4 rings (SSSR count). The summed E-state index contributed by atoms with van der Waals surface area (Å²) >= 11 is 0. The number of hydrogen-bond donors (Lipinski definition) is 1. The predicted octanol–water partition coefficient (Wildman–Crippen LogP) is 0.950. The fourth-order valence-electron chi connectivity index (χ4n) is 4.44. The number of carbonyl (C=O) groups is 4. The molecule has 4 amide bonds. The number of likely N-dealkylation sites (N-methyl/N-ethyl adjacent to an activating group) is 1. The Morgan fingerprint density at radius 1 is 1.10 bits per heavy atom. The third-order valence-corrected chi connectivity index (χ3v) is 6.20. The Hall–Kier alpha value is -2.94. The van der Waals surface area contributed by atoms with Gasteiger partial charge in [-0.1, -0.05) is 12.1 Å². The first-order valence-electron chi connectivity index (χ1n) is 10.3. The number of likely N-dealkylation sites (tertiary alicyclic amines) is 2. The average Bonchev–Trinajstić information content (AvgIpc) is 2.72. The molecule has 0 radical (unpaired) electrons. The summed E-state index contributed by atoms with van der Waals surface area (Å²) in [6, 6.07) is 6.28. The Kier molecular flexibility index (Phi) is 5.46. The number of hydrogen-bond acceptors (Lipinski definition) is 5. The number of β-lactam (4-membered cyclic amide) rings is 1. The highest BCUT2D eigenvalue weighted by molar-refractivity contribution is 6.05. The van der Waals surface area contributed by atoms with Crippen molar-refractivity contribution in [3.05, 3.63) is 29.8 Å². The van der Waals surface area contributed by atoms with Crippen LogP contribution in [-0.2, 0) is 14.4 Å². The minimum Gasteiger partial charge on any atom is -0.480 e. The molecule has 160 valence electrons. The van der Waals surface area contributed by atoms with Crippen LogP contribution >= 0.6 is 0 Å². The number of carbonyl (C=O) groups excluding carboxylic acids is 3. The summed E-state index contributed by atoms with van der Waals surface area (Å²) in [5, 5.41) is 9.19. The molecule has 3 aliphatic rings. The fourth-order valence-corrected chi connectivity index (χ4v) is 4.44. The molecule has 3 aliphatic heterocycles. The number of piperazine rings is 1. The van der Waals surface area contributed by atoms with E-state index >= 15 is 0 Å². The van der Waals surface area contributed by atoms with E-state index in [0.717, 1.165) is 35.5 Å². The van der Waals surface area contributed by atoms with Gasteiger partial charge in [0.2, 0.25) is 11.8 Å². The average molecular weight is 414 g/mol. The lowest BCUT2D eigenvalue weighted by molar-refractivity contribution is -0.158. The van der Waals surface area contributed by atoms with Gasteiger partial charge in [-0.05, 0) is 37.6 Å². The van der Waals surface area contributed by atoms with E-state index in [1.54, 1.807) is 9.80 Å². The molecule has 3 heterocycles. The van der Waals surface area contributed by atoms with E-state index in [9.17, 15) is 24.3 Å². The summed E-state index contributed by atoms with van der Waals surface area (Å²) in [6.07, 6.45) is 1.54. The molecular weight excluding hydrogens is 388 g/mol. The molecule has 1 N–H and O–H groups in total. The van der Waals surface area contributed by atoms with E-state index in [0.29, 0.717) is 26.2 Å². The lowest BCUT2D eigenvalue weighted by Crippen LogP contribution is -2.63. The van der Waals surface area contributed by atoms with Gasteiger partial charge in [0.15, 0.2) is 0 Å². The second kappa shape index (κ2) is 8.06. The Morgan fingerprint density at radius 3 is 2.60 bits per heavy atom. The van der Waals surface area contributed by atoms with Crippen molar-refractivity contribution in [3.8, 4) is 0 Å². The SMILES string of the molecule is CN1CCN(c2cccc(C3CCCN(C(=O)N4C(=O)C[C@H]4C(=O)O)C3)c2)C(=O)C1. The van der Waals surface area contributed by atoms with Crippen molar-refractivity contribution in [2.45, 2.75) is 31.2 Å². The summed E-state index contributed by atoms with van der Waals surface area (Å²) in [5.74, 6) is -1.45. The Bertz CT molecular complexity index is 888. The zero-order valence-corrected chi connectivity index (χ0v) is 17.0. The summed E-state index contributed by atoms with van der Waals surface area (Å²) in [7, 11) is 1.93. The van der Waals surface area contributed by atoms with Crippen molar-refractivity contribution in [1.82, 2.24) is 14.7 Å². The fraction of sp³-hybridized carbons (Fsp3) is 0.524. The molecule has 9 heteroatoms. The van der Waals surface area contributed by atoms with Crippen LogP contribution in [0.5, 0.6) is 0 Å². The molecule has 1 aromatic carbocycles. The first kappa shape index (κ1) is 20.3. The maximum atomic E-state index is 12.8. The van der Waals surface area contributed by atoms with Gasteiger partial charge in [-0.3, -0.25) is 14.5 Å². The van der Waals surface area contributed by atoms with Crippen molar-refractivity contribution in [3.63, 3.8) is 0 Å². The van der Waals surface area contributed by atoms with Crippen LogP contribution in [0.4, 0.5) is 10.5 Å². The van der Waals surface area contributed by atoms with Gasteiger partial charge in [0.25, 0.3) is 0 Å². The van der Waals surface area contributed by atoms with Crippen LogP contribution in [0, 0.1) is 0 Å². The molecule has 30 heavy (non-hydrogen) atoms. The highest BCUT2D eigenvalue weighted by Gasteiger charge is 2.47. The summed E-state index contributed by atoms with van der Waals surface area (Å²) < 4.78 is 0. The Balaban J connectivity index is 1.47. The van der Waals surface area contributed by atoms with E-state index in [1.165, 1.54) is 0 Å².